The van der Waals surface area contributed by atoms with Crippen molar-refractivity contribution in [2.24, 2.45) is 0 Å². The van der Waals surface area contributed by atoms with Gasteiger partial charge in [-0.1, -0.05) is 320 Å². The molecular weight excluding hydrogens is 947 g/mol. The van der Waals surface area contributed by atoms with Gasteiger partial charge in [-0.2, -0.15) is 0 Å². The summed E-state index contributed by atoms with van der Waals surface area (Å²) in [5.74, 6) is -0.0566. The lowest BCUT2D eigenvalue weighted by Gasteiger charge is -2.22. The topological polar surface area (TPSA) is 95.9 Å². The number of hydrogen-bond donors (Lipinski definition) is 3. The molecule has 0 aromatic heterocycles. The second-order valence-electron chi connectivity index (χ2n) is 23.9. The van der Waals surface area contributed by atoms with Crippen LogP contribution >= 0.6 is 0 Å². The van der Waals surface area contributed by atoms with E-state index in [4.69, 9.17) is 4.74 Å². The van der Waals surface area contributed by atoms with E-state index >= 15 is 0 Å². The van der Waals surface area contributed by atoms with Crippen molar-refractivity contribution >= 4 is 11.9 Å². The molecule has 0 spiro atoms. The van der Waals surface area contributed by atoms with Crippen LogP contribution in [-0.4, -0.2) is 47.4 Å². The number of nitrogens with one attached hydrogen (secondary N) is 1. The molecule has 454 valence electrons. The third-order valence-electron chi connectivity index (χ3n) is 16.2. The Hall–Kier alpha value is -1.92. The highest BCUT2D eigenvalue weighted by Gasteiger charge is 2.20. The van der Waals surface area contributed by atoms with Gasteiger partial charge in [-0.05, 0) is 83.5 Å². The van der Waals surface area contributed by atoms with Crippen molar-refractivity contribution in [2.45, 2.75) is 392 Å². The number of unbranched alkanes of at least 4 members (excludes halogenated alkanes) is 49. The predicted octanol–water partition coefficient (Wildman–Crippen LogP) is 22.3. The standard InChI is InChI=1S/C71H135NO5/c1-3-5-7-9-11-13-15-17-19-21-23-24-25-26-28-31-35-39-43-47-51-55-59-63-69(74)68(67-73)72-70(75)64-60-56-52-48-44-40-36-32-29-27-30-34-38-42-46-50-54-58-62-66-77-71(76)65-61-57-53-49-45-41-37-33-22-20-18-16-14-12-10-8-6-4-2/h20,22,34,38,42,46,68-69,73-74H,3-19,21,23-33,35-37,39-41,43-45,47-67H2,1-2H3,(H,72,75)/b22-20-,38-34-,46-42-. The van der Waals surface area contributed by atoms with Crippen molar-refractivity contribution in [3.05, 3.63) is 36.5 Å². The van der Waals surface area contributed by atoms with Crippen LogP contribution in [0.4, 0.5) is 0 Å². The van der Waals surface area contributed by atoms with E-state index in [-0.39, 0.29) is 18.5 Å². The zero-order valence-electron chi connectivity index (χ0n) is 52.0. The molecule has 2 unspecified atom stereocenters. The average molecular weight is 1080 g/mol. The van der Waals surface area contributed by atoms with E-state index < -0.39 is 12.1 Å². The number of carbonyl (C=O) groups excluding carboxylic acids is 2. The molecule has 0 aliphatic carbocycles. The highest BCUT2D eigenvalue weighted by Crippen LogP contribution is 2.18. The van der Waals surface area contributed by atoms with Gasteiger partial charge in [-0.25, -0.2) is 0 Å². The number of rotatable bonds is 65. The number of carbonyl (C=O) groups is 2. The largest absolute Gasteiger partial charge is 0.466 e. The lowest BCUT2D eigenvalue weighted by Crippen LogP contribution is -2.45. The number of aliphatic hydroxyl groups excluding tert-OH is 2. The van der Waals surface area contributed by atoms with Crippen molar-refractivity contribution in [3.63, 3.8) is 0 Å². The minimum atomic E-state index is -0.673. The van der Waals surface area contributed by atoms with Crippen LogP contribution in [0.3, 0.4) is 0 Å². The van der Waals surface area contributed by atoms with Gasteiger partial charge in [-0.3, -0.25) is 9.59 Å². The lowest BCUT2D eigenvalue weighted by atomic mass is 10.0. The molecule has 6 heteroatoms. The van der Waals surface area contributed by atoms with Crippen molar-refractivity contribution in [2.75, 3.05) is 13.2 Å². The first-order chi connectivity index (χ1) is 38.0. The van der Waals surface area contributed by atoms with Crippen LogP contribution in [0.5, 0.6) is 0 Å². The van der Waals surface area contributed by atoms with E-state index in [1.807, 2.05) is 0 Å². The van der Waals surface area contributed by atoms with E-state index in [0.29, 0.717) is 25.9 Å². The molecule has 0 fully saturated rings. The van der Waals surface area contributed by atoms with Crippen LogP contribution in [0.15, 0.2) is 36.5 Å². The summed E-state index contributed by atoms with van der Waals surface area (Å²) in [5.41, 5.74) is 0. The van der Waals surface area contributed by atoms with Gasteiger partial charge in [0.25, 0.3) is 0 Å². The molecule has 0 aliphatic rings. The smallest absolute Gasteiger partial charge is 0.305 e. The fourth-order valence-electron chi connectivity index (χ4n) is 10.9. The summed E-state index contributed by atoms with van der Waals surface area (Å²) in [6.45, 7) is 4.94. The molecule has 0 saturated carbocycles. The summed E-state index contributed by atoms with van der Waals surface area (Å²) in [7, 11) is 0. The lowest BCUT2D eigenvalue weighted by molar-refractivity contribution is -0.143. The number of ether oxygens (including phenoxy) is 1. The molecule has 0 aliphatic heterocycles. The number of allylic oxidation sites excluding steroid dienone is 6. The first-order valence-corrected chi connectivity index (χ1v) is 34.8. The van der Waals surface area contributed by atoms with Crippen LogP contribution < -0.4 is 5.32 Å². The van der Waals surface area contributed by atoms with E-state index in [1.54, 1.807) is 0 Å². The third-order valence-corrected chi connectivity index (χ3v) is 16.2. The van der Waals surface area contributed by atoms with E-state index in [0.717, 1.165) is 70.6 Å². The Balaban J connectivity index is 3.46. The first kappa shape index (κ1) is 75.1. The van der Waals surface area contributed by atoms with E-state index in [1.165, 1.54) is 276 Å². The molecule has 2 atom stereocenters. The zero-order valence-corrected chi connectivity index (χ0v) is 52.0. The molecule has 1 amide bonds. The van der Waals surface area contributed by atoms with Crippen molar-refractivity contribution < 1.29 is 24.5 Å². The molecule has 0 aromatic rings. The van der Waals surface area contributed by atoms with Crippen molar-refractivity contribution in [1.29, 1.82) is 0 Å². The monoisotopic (exact) mass is 1080 g/mol. The normalized spacial score (nSPS) is 12.7. The summed E-state index contributed by atoms with van der Waals surface area (Å²) >= 11 is 0. The Kier molecular flexibility index (Phi) is 64.9. The fraction of sp³-hybridized carbons (Fsp3) is 0.887. The van der Waals surface area contributed by atoms with Gasteiger partial charge in [0.15, 0.2) is 0 Å². The van der Waals surface area contributed by atoms with Gasteiger partial charge >= 0.3 is 5.97 Å². The Labute approximate surface area is 481 Å². The SMILES string of the molecule is CCCCCCCCC/C=C\CCCCCCCCCC(=O)OCCCCC/C=C\C=C/CCCCCCCCCCCCC(=O)NC(CO)C(O)CCCCCCCCCCCCCCCCCCCCCCCCC. The van der Waals surface area contributed by atoms with E-state index in [2.05, 4.69) is 55.6 Å². The van der Waals surface area contributed by atoms with Gasteiger partial charge in [0.2, 0.25) is 5.91 Å². The van der Waals surface area contributed by atoms with Crippen LogP contribution in [0.25, 0.3) is 0 Å². The van der Waals surface area contributed by atoms with E-state index in [9.17, 15) is 19.8 Å². The molecular formula is C71H135NO5. The Morgan fingerprint density at radius 2 is 0.649 bits per heavy atom. The van der Waals surface area contributed by atoms with Gasteiger partial charge in [-0.15, -0.1) is 0 Å². The Bertz CT molecular complexity index is 1250. The van der Waals surface area contributed by atoms with Gasteiger partial charge in [0.05, 0.1) is 25.4 Å². The van der Waals surface area contributed by atoms with Crippen LogP contribution in [-0.2, 0) is 14.3 Å². The molecule has 0 saturated heterocycles. The fourth-order valence-corrected chi connectivity index (χ4v) is 10.9. The molecule has 6 nitrogen and oxygen atoms in total. The summed E-state index contributed by atoms with van der Waals surface area (Å²) in [6.07, 6.45) is 84.6. The first-order valence-electron chi connectivity index (χ1n) is 34.8. The molecule has 77 heavy (non-hydrogen) atoms. The molecule has 0 rings (SSSR count). The Morgan fingerprint density at radius 3 is 1.00 bits per heavy atom. The van der Waals surface area contributed by atoms with Crippen LogP contribution in [0, 0.1) is 0 Å². The maximum absolute atomic E-state index is 12.5. The second kappa shape index (κ2) is 66.6. The number of amides is 1. The summed E-state index contributed by atoms with van der Waals surface area (Å²) < 4.78 is 5.47. The quantitative estimate of drug-likeness (QED) is 0.0244. The van der Waals surface area contributed by atoms with Crippen LogP contribution in [0.1, 0.15) is 380 Å². The highest BCUT2D eigenvalue weighted by atomic mass is 16.5. The molecule has 0 aromatic carbocycles. The summed E-state index contributed by atoms with van der Waals surface area (Å²) in [4.78, 5) is 24.6. The minimum Gasteiger partial charge on any atom is -0.466 e. The van der Waals surface area contributed by atoms with Gasteiger partial charge < -0.3 is 20.3 Å². The minimum absolute atomic E-state index is 0.0154. The number of esters is 1. The molecule has 3 N–H and O–H groups in total. The maximum atomic E-state index is 12.5. The highest BCUT2D eigenvalue weighted by molar-refractivity contribution is 5.76. The average Bonchev–Trinajstić information content (AvgIpc) is 3.43. The summed E-state index contributed by atoms with van der Waals surface area (Å²) in [5, 5.41) is 23.4. The number of hydrogen-bond acceptors (Lipinski definition) is 5. The van der Waals surface area contributed by atoms with Gasteiger partial charge in [0.1, 0.15) is 0 Å². The maximum Gasteiger partial charge on any atom is 0.305 e. The van der Waals surface area contributed by atoms with Crippen molar-refractivity contribution in [1.82, 2.24) is 5.32 Å². The third kappa shape index (κ3) is 63.1. The predicted molar refractivity (Wildman–Crippen MR) is 338 cm³/mol. The molecule has 0 radical (unpaired) electrons. The van der Waals surface area contributed by atoms with Gasteiger partial charge in [0, 0.05) is 12.8 Å². The van der Waals surface area contributed by atoms with Crippen LogP contribution in [0.2, 0.25) is 0 Å². The summed E-state index contributed by atoms with van der Waals surface area (Å²) in [6, 6.07) is -0.551. The number of aliphatic hydroxyl groups is 2. The second-order valence-corrected chi connectivity index (χ2v) is 23.9. The van der Waals surface area contributed by atoms with Crippen molar-refractivity contribution in [3.8, 4) is 0 Å². The molecule has 0 bridgehead atoms. The Morgan fingerprint density at radius 1 is 0.364 bits per heavy atom. The molecule has 0 heterocycles. The zero-order chi connectivity index (χ0) is 55.7.